The molecule has 3 aromatic carbocycles. The third-order valence-electron chi connectivity index (χ3n) is 8.06. The topological polar surface area (TPSA) is 54.8 Å². The van der Waals surface area contributed by atoms with E-state index < -0.39 is 0 Å². The van der Waals surface area contributed by atoms with Crippen LogP contribution in [0.15, 0.2) is 109 Å². The van der Waals surface area contributed by atoms with Crippen LogP contribution < -0.4 is 15.2 Å². The lowest BCUT2D eigenvalue weighted by atomic mass is 9.88. The zero-order chi connectivity index (χ0) is 30.3. The third-order valence-corrected chi connectivity index (χ3v) is 8.06. The highest BCUT2D eigenvalue weighted by Gasteiger charge is 2.38. The van der Waals surface area contributed by atoms with Crippen molar-refractivity contribution in [2.75, 3.05) is 18.2 Å². The van der Waals surface area contributed by atoms with Gasteiger partial charge in [0.05, 0.1) is 6.04 Å². The Labute approximate surface area is 254 Å². The lowest BCUT2D eigenvalue weighted by Gasteiger charge is -2.45. The highest BCUT2D eigenvalue weighted by molar-refractivity contribution is 5.96. The van der Waals surface area contributed by atoms with Crippen molar-refractivity contribution in [3.05, 3.63) is 154 Å². The zero-order valence-electron chi connectivity index (χ0n) is 25.0. The van der Waals surface area contributed by atoms with Crippen LogP contribution in [0, 0.1) is 13.8 Å². The van der Waals surface area contributed by atoms with E-state index in [2.05, 4.69) is 56.3 Å². The summed E-state index contributed by atoms with van der Waals surface area (Å²) < 4.78 is 8.01. The van der Waals surface area contributed by atoms with Crippen molar-refractivity contribution in [3.63, 3.8) is 0 Å². The smallest absolute Gasteiger partial charge is 0.277 e. The summed E-state index contributed by atoms with van der Waals surface area (Å²) in [5.74, 6) is -0.151. The number of fused-ring (bicyclic) bond motifs is 1. The van der Waals surface area contributed by atoms with Gasteiger partial charge in [0, 0.05) is 18.8 Å². The first kappa shape index (κ1) is 29.6. The van der Waals surface area contributed by atoms with Gasteiger partial charge in [-0.3, -0.25) is 19.3 Å². The standard InChI is InChI=1S/C37H39N3O3/c1-5-7-8-14-23-38-26-40(34(31-21-13-12-16-27(31)3)33-28(4)17-15-20-30(33)6-2)39-24-22-32(41)36(35(39)37(38)42)43-25-29-18-10-9-11-19-29/h5-6,9-13,15-22,24,34H,1-2,7-8,14,23,25-26H2,3-4H3. The quantitative estimate of drug-likeness (QED) is 0.133. The fraction of sp³-hybridized carbons (Fsp3) is 0.243. The van der Waals surface area contributed by atoms with Gasteiger partial charge in [0.15, 0.2) is 11.4 Å². The lowest BCUT2D eigenvalue weighted by molar-refractivity contribution is 0.0673. The van der Waals surface area contributed by atoms with Gasteiger partial charge in [-0.2, -0.15) is 0 Å². The molecular formula is C37H39N3O3. The molecule has 0 radical (unpaired) electrons. The van der Waals surface area contributed by atoms with Crippen LogP contribution in [0.3, 0.4) is 0 Å². The lowest BCUT2D eigenvalue weighted by Crippen LogP contribution is -2.56. The number of pyridine rings is 1. The third kappa shape index (κ3) is 6.19. The van der Waals surface area contributed by atoms with Gasteiger partial charge >= 0.3 is 0 Å². The SMILES string of the molecule is C=CCCCCN1CN(C(c2ccccc2C)c2c(C)cccc2C=C)n2ccc(=O)c(OCc3ccccc3)c2C1=O. The van der Waals surface area contributed by atoms with Crippen LogP contribution in [-0.2, 0) is 6.61 Å². The summed E-state index contributed by atoms with van der Waals surface area (Å²) in [5.41, 5.74) is 6.31. The summed E-state index contributed by atoms with van der Waals surface area (Å²) in [7, 11) is 0. The molecule has 1 unspecified atom stereocenters. The monoisotopic (exact) mass is 573 g/mol. The zero-order valence-corrected chi connectivity index (χ0v) is 25.0. The van der Waals surface area contributed by atoms with E-state index in [4.69, 9.17) is 4.74 Å². The average Bonchev–Trinajstić information content (AvgIpc) is 3.02. The van der Waals surface area contributed by atoms with Gasteiger partial charge in [0.1, 0.15) is 13.3 Å². The van der Waals surface area contributed by atoms with E-state index in [0.29, 0.717) is 13.2 Å². The first-order chi connectivity index (χ1) is 20.9. The Morgan fingerprint density at radius 1 is 0.884 bits per heavy atom. The maximum absolute atomic E-state index is 14.2. The van der Waals surface area contributed by atoms with Crippen LogP contribution in [0.2, 0.25) is 0 Å². The van der Waals surface area contributed by atoms with Gasteiger partial charge in [-0.15, -0.1) is 6.58 Å². The Morgan fingerprint density at radius 3 is 2.37 bits per heavy atom. The van der Waals surface area contributed by atoms with E-state index in [9.17, 15) is 9.59 Å². The number of rotatable bonds is 12. The Bertz CT molecular complexity index is 1670. The van der Waals surface area contributed by atoms with Gasteiger partial charge in [-0.05, 0) is 66.5 Å². The van der Waals surface area contributed by atoms with E-state index in [-0.39, 0.29) is 35.4 Å². The molecule has 5 rings (SSSR count). The summed E-state index contributed by atoms with van der Waals surface area (Å²) in [4.78, 5) is 29.4. The molecule has 0 spiro atoms. The number of hydrogen-bond donors (Lipinski definition) is 0. The molecule has 1 atom stereocenters. The van der Waals surface area contributed by atoms with Gasteiger partial charge < -0.3 is 9.64 Å². The highest BCUT2D eigenvalue weighted by Crippen LogP contribution is 2.37. The van der Waals surface area contributed by atoms with Crippen molar-refractivity contribution in [2.24, 2.45) is 0 Å². The molecule has 1 aromatic heterocycles. The number of carbonyl (C=O) groups is 1. The van der Waals surface area contributed by atoms with E-state index in [1.165, 1.54) is 6.07 Å². The molecule has 6 heteroatoms. The van der Waals surface area contributed by atoms with Crippen molar-refractivity contribution in [1.82, 2.24) is 9.58 Å². The molecule has 1 aliphatic rings. The number of ether oxygens (including phenoxy) is 1. The van der Waals surface area contributed by atoms with E-state index in [0.717, 1.165) is 52.6 Å². The second kappa shape index (κ2) is 13.4. The second-order valence-electron chi connectivity index (χ2n) is 11.0. The van der Waals surface area contributed by atoms with Gasteiger partial charge in [0.2, 0.25) is 5.43 Å². The van der Waals surface area contributed by atoms with E-state index >= 15 is 0 Å². The summed E-state index contributed by atoms with van der Waals surface area (Å²) in [5, 5.41) is 2.18. The molecule has 1 amide bonds. The van der Waals surface area contributed by atoms with Crippen molar-refractivity contribution in [1.29, 1.82) is 0 Å². The largest absolute Gasteiger partial charge is 0.482 e. The average molecular weight is 574 g/mol. The van der Waals surface area contributed by atoms with Crippen LogP contribution in [0.25, 0.3) is 6.08 Å². The number of aromatic nitrogens is 1. The van der Waals surface area contributed by atoms with Crippen LogP contribution in [0.4, 0.5) is 0 Å². The van der Waals surface area contributed by atoms with E-state index in [1.54, 1.807) is 6.20 Å². The number of unbranched alkanes of at least 4 members (excludes halogenated alkanes) is 2. The minimum Gasteiger partial charge on any atom is -0.482 e. The van der Waals surface area contributed by atoms with Crippen molar-refractivity contribution < 1.29 is 9.53 Å². The maximum atomic E-state index is 14.2. The molecule has 0 fully saturated rings. The van der Waals surface area contributed by atoms with Gasteiger partial charge in [-0.1, -0.05) is 91.5 Å². The van der Waals surface area contributed by atoms with Gasteiger partial charge in [0.25, 0.3) is 5.91 Å². The molecule has 6 nitrogen and oxygen atoms in total. The Hall–Kier alpha value is -4.84. The van der Waals surface area contributed by atoms with Gasteiger partial charge in [-0.25, -0.2) is 0 Å². The fourth-order valence-electron chi connectivity index (χ4n) is 5.83. The first-order valence-corrected chi connectivity index (χ1v) is 14.8. The molecule has 43 heavy (non-hydrogen) atoms. The molecule has 1 aliphatic heterocycles. The number of nitrogens with zero attached hydrogens (tertiary/aromatic N) is 3. The second-order valence-corrected chi connectivity index (χ2v) is 11.0. The predicted octanol–water partition coefficient (Wildman–Crippen LogP) is 7.18. The first-order valence-electron chi connectivity index (χ1n) is 14.8. The number of carbonyl (C=O) groups excluding carboxylic acids is 1. The summed E-state index contributed by atoms with van der Waals surface area (Å²) in [6.45, 7) is 13.2. The number of benzene rings is 3. The van der Waals surface area contributed by atoms with Crippen LogP contribution in [0.1, 0.15) is 69.2 Å². The molecule has 0 aliphatic carbocycles. The summed E-state index contributed by atoms with van der Waals surface area (Å²) in [6.07, 6.45) is 8.11. The number of aryl methyl sites for hydroxylation is 2. The van der Waals surface area contributed by atoms with Crippen molar-refractivity contribution in [2.45, 2.75) is 45.8 Å². The summed E-state index contributed by atoms with van der Waals surface area (Å²) >= 11 is 0. The van der Waals surface area contributed by atoms with Crippen LogP contribution in [-0.4, -0.2) is 28.7 Å². The van der Waals surface area contributed by atoms with Crippen LogP contribution >= 0.6 is 0 Å². The molecule has 4 aromatic rings. The maximum Gasteiger partial charge on any atom is 0.277 e. The van der Waals surface area contributed by atoms with Crippen LogP contribution in [0.5, 0.6) is 5.75 Å². The van der Waals surface area contributed by atoms with Crippen molar-refractivity contribution in [3.8, 4) is 5.75 Å². The predicted molar refractivity (Wildman–Crippen MR) is 174 cm³/mol. The Balaban J connectivity index is 1.70. The molecule has 0 bridgehead atoms. The minimum absolute atomic E-state index is 0.0643. The molecule has 0 saturated heterocycles. The Kier molecular flexibility index (Phi) is 9.26. The Morgan fingerprint density at radius 2 is 1.63 bits per heavy atom. The molecule has 0 N–H and O–H groups in total. The highest BCUT2D eigenvalue weighted by atomic mass is 16.5. The number of amides is 1. The summed E-state index contributed by atoms with van der Waals surface area (Å²) in [6, 6.07) is 25.4. The van der Waals surface area contributed by atoms with E-state index in [1.807, 2.05) is 70.3 Å². The fourth-order valence-corrected chi connectivity index (χ4v) is 5.83. The van der Waals surface area contributed by atoms with Crippen molar-refractivity contribution >= 4 is 12.0 Å². The number of allylic oxidation sites excluding steroid dienone is 1. The minimum atomic E-state index is -0.320. The molecular weight excluding hydrogens is 534 g/mol. The molecule has 220 valence electrons. The molecule has 0 saturated carbocycles. The molecule has 2 heterocycles. The normalized spacial score (nSPS) is 13.4. The number of hydrogen-bond acceptors (Lipinski definition) is 4.